The Morgan fingerprint density at radius 3 is 3.04 bits per heavy atom. The zero-order chi connectivity index (χ0) is 16.9. The Labute approximate surface area is 140 Å². The molecule has 0 radical (unpaired) electrons. The summed E-state index contributed by atoms with van der Waals surface area (Å²) in [5, 5.41) is 2.98. The zero-order valence-corrected chi connectivity index (χ0v) is 13.5. The van der Waals surface area contributed by atoms with Crippen LogP contribution in [0, 0.1) is 5.82 Å². The highest BCUT2D eigenvalue weighted by atomic mass is 19.1. The maximum Gasteiger partial charge on any atom is 0.220 e. The summed E-state index contributed by atoms with van der Waals surface area (Å²) in [6.07, 6.45) is 1.64. The SMILES string of the molecule is COc1cccc(CCC(=O)NC2CCOc3ccc(F)cc32)c1. The molecule has 126 valence electrons. The molecule has 1 aliphatic rings. The van der Waals surface area contributed by atoms with Gasteiger partial charge in [-0.3, -0.25) is 4.79 Å². The van der Waals surface area contributed by atoms with E-state index >= 15 is 0 Å². The molecule has 1 amide bonds. The lowest BCUT2D eigenvalue weighted by atomic mass is 10.00. The Kier molecular flexibility index (Phi) is 4.99. The lowest BCUT2D eigenvalue weighted by Crippen LogP contribution is -2.32. The van der Waals surface area contributed by atoms with Gasteiger partial charge in [0.25, 0.3) is 0 Å². The normalized spacial score (nSPS) is 16.0. The van der Waals surface area contributed by atoms with Gasteiger partial charge in [0.15, 0.2) is 0 Å². The van der Waals surface area contributed by atoms with Crippen LogP contribution in [0.2, 0.25) is 0 Å². The Hall–Kier alpha value is -2.56. The fourth-order valence-electron chi connectivity index (χ4n) is 2.87. The minimum absolute atomic E-state index is 0.0556. The third kappa shape index (κ3) is 3.85. The number of aryl methyl sites for hydroxylation is 1. The molecule has 0 fully saturated rings. The number of fused-ring (bicyclic) bond motifs is 1. The van der Waals surface area contributed by atoms with Crippen LogP contribution in [-0.2, 0) is 11.2 Å². The number of nitrogens with one attached hydrogen (secondary N) is 1. The van der Waals surface area contributed by atoms with Gasteiger partial charge in [0.1, 0.15) is 17.3 Å². The van der Waals surface area contributed by atoms with E-state index < -0.39 is 0 Å². The third-order valence-electron chi connectivity index (χ3n) is 4.12. The smallest absolute Gasteiger partial charge is 0.220 e. The number of hydrogen-bond acceptors (Lipinski definition) is 3. The predicted octanol–water partition coefficient (Wildman–Crippen LogP) is 3.41. The van der Waals surface area contributed by atoms with Crippen LogP contribution >= 0.6 is 0 Å². The van der Waals surface area contributed by atoms with Crippen molar-refractivity contribution < 1.29 is 18.7 Å². The first-order valence-corrected chi connectivity index (χ1v) is 8.00. The number of halogens is 1. The van der Waals surface area contributed by atoms with Crippen LogP contribution in [-0.4, -0.2) is 19.6 Å². The van der Waals surface area contributed by atoms with Crippen LogP contribution < -0.4 is 14.8 Å². The molecule has 0 aromatic heterocycles. The summed E-state index contributed by atoms with van der Waals surface area (Å²) < 4.78 is 24.2. The van der Waals surface area contributed by atoms with Gasteiger partial charge in [-0.2, -0.15) is 0 Å². The molecule has 4 nitrogen and oxygen atoms in total. The summed E-state index contributed by atoms with van der Waals surface area (Å²) in [4.78, 5) is 12.3. The first kappa shape index (κ1) is 16.3. The summed E-state index contributed by atoms with van der Waals surface area (Å²) in [5.74, 6) is 1.04. The van der Waals surface area contributed by atoms with E-state index in [9.17, 15) is 9.18 Å². The van der Waals surface area contributed by atoms with Crippen molar-refractivity contribution >= 4 is 5.91 Å². The minimum atomic E-state index is -0.324. The Bertz CT molecular complexity index is 732. The first-order chi connectivity index (χ1) is 11.7. The van der Waals surface area contributed by atoms with Gasteiger partial charge in [-0.15, -0.1) is 0 Å². The van der Waals surface area contributed by atoms with E-state index in [0.717, 1.165) is 11.3 Å². The molecule has 0 saturated carbocycles. The van der Waals surface area contributed by atoms with Crippen molar-refractivity contribution in [2.75, 3.05) is 13.7 Å². The summed E-state index contributed by atoms with van der Waals surface area (Å²) >= 11 is 0. The minimum Gasteiger partial charge on any atom is -0.497 e. The molecule has 2 aromatic rings. The van der Waals surface area contributed by atoms with Gasteiger partial charge in [0.2, 0.25) is 5.91 Å². The molecule has 1 aliphatic heterocycles. The monoisotopic (exact) mass is 329 g/mol. The summed E-state index contributed by atoms with van der Waals surface area (Å²) in [5.41, 5.74) is 1.75. The van der Waals surface area contributed by atoms with Gasteiger partial charge < -0.3 is 14.8 Å². The van der Waals surface area contributed by atoms with E-state index in [2.05, 4.69) is 5.32 Å². The van der Waals surface area contributed by atoms with Gasteiger partial charge in [-0.25, -0.2) is 4.39 Å². The fourth-order valence-corrected chi connectivity index (χ4v) is 2.87. The fraction of sp³-hybridized carbons (Fsp3) is 0.316. The molecule has 3 rings (SSSR count). The molecule has 0 saturated heterocycles. The van der Waals surface area contributed by atoms with Gasteiger partial charge >= 0.3 is 0 Å². The van der Waals surface area contributed by atoms with Gasteiger partial charge in [-0.05, 0) is 42.3 Å². The molecule has 0 spiro atoms. The molecule has 1 atom stereocenters. The van der Waals surface area contributed by atoms with E-state index in [1.165, 1.54) is 12.1 Å². The van der Waals surface area contributed by atoms with Crippen molar-refractivity contribution in [3.8, 4) is 11.5 Å². The summed E-state index contributed by atoms with van der Waals surface area (Å²) in [7, 11) is 1.62. The standard InChI is InChI=1S/C19H20FNO3/c1-23-15-4-2-3-13(11-15)5-8-19(22)21-17-9-10-24-18-7-6-14(20)12-16(17)18/h2-4,6-7,11-12,17H,5,8-10H2,1H3,(H,21,22). The van der Waals surface area contributed by atoms with Crippen molar-refractivity contribution in [3.05, 3.63) is 59.4 Å². The molecular formula is C19H20FNO3. The highest BCUT2D eigenvalue weighted by molar-refractivity contribution is 5.77. The van der Waals surface area contributed by atoms with Crippen LogP contribution in [0.15, 0.2) is 42.5 Å². The highest BCUT2D eigenvalue weighted by Crippen LogP contribution is 2.32. The molecule has 1 heterocycles. The maximum atomic E-state index is 13.5. The summed E-state index contributed by atoms with van der Waals surface area (Å²) in [6.45, 7) is 0.513. The zero-order valence-electron chi connectivity index (χ0n) is 13.5. The third-order valence-corrected chi connectivity index (χ3v) is 4.12. The molecule has 0 aliphatic carbocycles. The van der Waals surface area contributed by atoms with E-state index in [0.29, 0.717) is 37.2 Å². The van der Waals surface area contributed by atoms with Crippen LogP contribution in [0.25, 0.3) is 0 Å². The Balaban J connectivity index is 1.60. The maximum absolute atomic E-state index is 13.5. The number of rotatable bonds is 5. The second-order valence-corrected chi connectivity index (χ2v) is 5.79. The molecule has 24 heavy (non-hydrogen) atoms. The van der Waals surface area contributed by atoms with Crippen molar-refractivity contribution in [1.82, 2.24) is 5.32 Å². The average Bonchev–Trinajstić information content (AvgIpc) is 2.61. The number of amides is 1. The largest absolute Gasteiger partial charge is 0.497 e. The topological polar surface area (TPSA) is 47.6 Å². The molecule has 1 N–H and O–H groups in total. The molecular weight excluding hydrogens is 309 g/mol. The Morgan fingerprint density at radius 1 is 1.33 bits per heavy atom. The van der Waals surface area contributed by atoms with Gasteiger partial charge in [0, 0.05) is 18.4 Å². The number of ether oxygens (including phenoxy) is 2. The predicted molar refractivity (Wildman–Crippen MR) is 88.7 cm³/mol. The van der Waals surface area contributed by atoms with Crippen molar-refractivity contribution in [2.45, 2.75) is 25.3 Å². The van der Waals surface area contributed by atoms with Crippen LogP contribution in [0.5, 0.6) is 11.5 Å². The second-order valence-electron chi connectivity index (χ2n) is 5.79. The molecule has 2 aromatic carbocycles. The second kappa shape index (κ2) is 7.34. The van der Waals surface area contributed by atoms with E-state index in [-0.39, 0.29) is 17.8 Å². The Morgan fingerprint density at radius 2 is 2.21 bits per heavy atom. The first-order valence-electron chi connectivity index (χ1n) is 8.00. The lowest BCUT2D eigenvalue weighted by Gasteiger charge is -2.26. The van der Waals surface area contributed by atoms with Crippen LogP contribution in [0.3, 0.4) is 0 Å². The van der Waals surface area contributed by atoms with E-state index in [4.69, 9.17) is 9.47 Å². The van der Waals surface area contributed by atoms with Gasteiger partial charge in [-0.1, -0.05) is 12.1 Å². The summed E-state index contributed by atoms with van der Waals surface area (Å²) in [6, 6.07) is 11.9. The number of benzene rings is 2. The van der Waals surface area contributed by atoms with Crippen LogP contribution in [0.1, 0.15) is 30.0 Å². The van der Waals surface area contributed by atoms with E-state index in [1.54, 1.807) is 13.2 Å². The molecule has 5 heteroatoms. The molecule has 1 unspecified atom stereocenters. The van der Waals surface area contributed by atoms with E-state index in [1.807, 2.05) is 24.3 Å². The molecule has 0 bridgehead atoms. The number of methoxy groups -OCH3 is 1. The highest BCUT2D eigenvalue weighted by Gasteiger charge is 2.23. The number of carbonyl (C=O) groups excluding carboxylic acids is 1. The van der Waals surface area contributed by atoms with Crippen molar-refractivity contribution in [3.63, 3.8) is 0 Å². The number of carbonyl (C=O) groups is 1. The average molecular weight is 329 g/mol. The van der Waals surface area contributed by atoms with Crippen molar-refractivity contribution in [2.24, 2.45) is 0 Å². The lowest BCUT2D eigenvalue weighted by molar-refractivity contribution is -0.122. The van der Waals surface area contributed by atoms with Crippen molar-refractivity contribution in [1.29, 1.82) is 0 Å². The van der Waals surface area contributed by atoms with Crippen LogP contribution in [0.4, 0.5) is 4.39 Å². The van der Waals surface area contributed by atoms with Gasteiger partial charge in [0.05, 0.1) is 19.8 Å². The quantitative estimate of drug-likeness (QED) is 0.914. The number of hydrogen-bond donors (Lipinski definition) is 1.